The van der Waals surface area contributed by atoms with E-state index < -0.39 is 0 Å². The first kappa shape index (κ1) is 30.7. The van der Waals surface area contributed by atoms with Crippen molar-refractivity contribution < 1.29 is 0 Å². The van der Waals surface area contributed by atoms with Gasteiger partial charge in [-0.15, -0.1) is 0 Å². The number of benzene rings is 5. The highest BCUT2D eigenvalue weighted by Crippen LogP contribution is 2.57. The minimum absolute atomic E-state index is 0.00175. The Labute approximate surface area is 299 Å². The summed E-state index contributed by atoms with van der Waals surface area (Å²) in [6, 6.07) is 40.8. The summed E-state index contributed by atoms with van der Waals surface area (Å²) >= 11 is 0. The molecule has 0 saturated heterocycles. The van der Waals surface area contributed by atoms with Gasteiger partial charge in [-0.05, 0) is 154 Å². The van der Waals surface area contributed by atoms with E-state index in [2.05, 4.69) is 136 Å². The van der Waals surface area contributed by atoms with Gasteiger partial charge in [-0.1, -0.05) is 114 Å². The van der Waals surface area contributed by atoms with Crippen molar-refractivity contribution >= 4 is 17.1 Å². The van der Waals surface area contributed by atoms with Gasteiger partial charge in [-0.3, -0.25) is 0 Å². The van der Waals surface area contributed by atoms with Crippen LogP contribution in [-0.2, 0) is 10.8 Å². The molecule has 1 nitrogen and oxygen atoms in total. The number of hydrogen-bond acceptors (Lipinski definition) is 1. The second kappa shape index (κ2) is 11.2. The number of rotatable bonds is 5. The van der Waals surface area contributed by atoms with Crippen LogP contribution in [0, 0.1) is 11.8 Å². The molecular formula is C49H51N. The first-order valence-electron chi connectivity index (χ1n) is 19.7. The lowest BCUT2D eigenvalue weighted by atomic mass is 9.77. The summed E-state index contributed by atoms with van der Waals surface area (Å²) in [5.74, 6) is 3.33. The minimum Gasteiger partial charge on any atom is -0.310 e. The van der Waals surface area contributed by atoms with Gasteiger partial charge < -0.3 is 4.90 Å². The Morgan fingerprint density at radius 2 is 1.08 bits per heavy atom. The van der Waals surface area contributed by atoms with Crippen molar-refractivity contribution in [2.45, 2.75) is 108 Å². The molecule has 0 spiro atoms. The Balaban J connectivity index is 1.06. The van der Waals surface area contributed by atoms with Crippen LogP contribution < -0.4 is 4.90 Å². The molecule has 0 aromatic heterocycles. The molecule has 50 heavy (non-hydrogen) atoms. The molecule has 5 aliphatic rings. The highest BCUT2D eigenvalue weighted by Gasteiger charge is 2.42. The van der Waals surface area contributed by atoms with Crippen LogP contribution >= 0.6 is 0 Å². The summed E-state index contributed by atoms with van der Waals surface area (Å²) in [4.78, 5) is 2.52. The van der Waals surface area contributed by atoms with E-state index in [1.165, 1.54) is 125 Å². The zero-order valence-electron chi connectivity index (χ0n) is 30.4. The van der Waals surface area contributed by atoms with Gasteiger partial charge in [0.1, 0.15) is 0 Å². The van der Waals surface area contributed by atoms with Gasteiger partial charge in [0.15, 0.2) is 0 Å². The van der Waals surface area contributed by atoms with Crippen molar-refractivity contribution in [3.63, 3.8) is 0 Å². The van der Waals surface area contributed by atoms with Gasteiger partial charge >= 0.3 is 0 Å². The third-order valence-corrected chi connectivity index (χ3v) is 14.2. The van der Waals surface area contributed by atoms with E-state index in [0.29, 0.717) is 5.92 Å². The average Bonchev–Trinajstić information content (AvgIpc) is 3.89. The minimum atomic E-state index is -0.0945. The molecule has 10 rings (SSSR count). The maximum absolute atomic E-state index is 2.56. The van der Waals surface area contributed by atoms with E-state index in [-0.39, 0.29) is 10.8 Å². The molecule has 5 aromatic carbocycles. The summed E-state index contributed by atoms with van der Waals surface area (Å²) in [5.41, 5.74) is 18.1. The summed E-state index contributed by atoms with van der Waals surface area (Å²) in [7, 11) is 0. The Morgan fingerprint density at radius 1 is 0.480 bits per heavy atom. The average molecular weight is 654 g/mol. The lowest BCUT2D eigenvalue weighted by Crippen LogP contribution is -2.19. The van der Waals surface area contributed by atoms with E-state index in [0.717, 1.165) is 17.8 Å². The zero-order chi connectivity index (χ0) is 33.8. The van der Waals surface area contributed by atoms with Crippen molar-refractivity contribution in [2.75, 3.05) is 4.90 Å². The molecule has 5 aromatic rings. The first-order valence-corrected chi connectivity index (χ1v) is 19.7. The first-order chi connectivity index (χ1) is 24.3. The summed E-state index contributed by atoms with van der Waals surface area (Å²) in [6.07, 6.45) is 12.5. The van der Waals surface area contributed by atoms with Gasteiger partial charge in [0.25, 0.3) is 0 Å². The lowest BCUT2D eigenvalue weighted by molar-refractivity contribution is 0.420. The largest absolute Gasteiger partial charge is 0.310 e. The topological polar surface area (TPSA) is 3.24 Å². The second-order valence-corrected chi connectivity index (χ2v) is 17.6. The van der Waals surface area contributed by atoms with E-state index in [1.807, 2.05) is 0 Å². The predicted octanol–water partition coefficient (Wildman–Crippen LogP) is 13.7. The Bertz CT molecular complexity index is 2110. The van der Waals surface area contributed by atoms with Crippen LogP contribution in [0.1, 0.15) is 131 Å². The highest BCUT2D eigenvalue weighted by atomic mass is 15.1. The molecule has 0 radical (unpaired) electrons. The zero-order valence-corrected chi connectivity index (χ0v) is 30.4. The normalized spacial score (nSPS) is 23.7. The fraction of sp³-hybridized carbons (Fsp3) is 0.388. The van der Waals surface area contributed by atoms with Crippen LogP contribution in [0.2, 0.25) is 0 Å². The SMILES string of the molecule is CC1(C)c2ccccc2-c2cc3c(cc21)C(C)(C)c1cc(N(c2ccc(C4CCCCC4)cc2)c2ccc(C4CC5CCC4C5)cc2)ccc1-3. The fourth-order valence-electron chi connectivity index (χ4n) is 11.4. The van der Waals surface area contributed by atoms with E-state index >= 15 is 0 Å². The summed E-state index contributed by atoms with van der Waals surface area (Å²) in [6.45, 7) is 9.68. The third-order valence-electron chi connectivity index (χ3n) is 14.2. The van der Waals surface area contributed by atoms with Crippen LogP contribution in [0.5, 0.6) is 0 Å². The van der Waals surface area contributed by atoms with Crippen LogP contribution in [0.25, 0.3) is 22.3 Å². The van der Waals surface area contributed by atoms with Crippen LogP contribution in [0.15, 0.2) is 103 Å². The molecule has 5 aliphatic carbocycles. The van der Waals surface area contributed by atoms with Crippen molar-refractivity contribution in [3.8, 4) is 22.3 Å². The molecule has 1 heteroatoms. The molecule has 3 unspecified atom stereocenters. The van der Waals surface area contributed by atoms with Gasteiger partial charge in [-0.2, -0.15) is 0 Å². The Hall–Kier alpha value is -4.10. The molecule has 3 fully saturated rings. The molecule has 3 atom stereocenters. The standard InChI is InChI=1S/C49H51N/c1-48(2)44-13-9-8-12-39(44)42-29-43-40-25-24-38(28-45(40)49(3,4)47(43)30-46(42)48)50(36-20-16-33(17-21-36)32-10-6-5-7-11-32)37-22-18-34(19-23-37)41-27-31-14-15-35(41)26-31/h8-9,12-13,16-25,28-32,35,41H,5-7,10-11,14-15,26-27H2,1-4H3. The van der Waals surface area contributed by atoms with Gasteiger partial charge in [-0.25, -0.2) is 0 Å². The highest BCUT2D eigenvalue weighted by molar-refractivity contribution is 5.91. The number of nitrogens with zero attached hydrogens (tertiary/aromatic N) is 1. The van der Waals surface area contributed by atoms with Gasteiger partial charge in [0.2, 0.25) is 0 Å². The lowest BCUT2D eigenvalue weighted by Gasteiger charge is -2.30. The molecule has 2 bridgehead atoms. The monoisotopic (exact) mass is 653 g/mol. The Kier molecular flexibility index (Phi) is 6.88. The van der Waals surface area contributed by atoms with Crippen LogP contribution in [0.4, 0.5) is 17.1 Å². The summed E-state index contributed by atoms with van der Waals surface area (Å²) in [5, 5.41) is 0. The molecule has 0 aliphatic heterocycles. The summed E-state index contributed by atoms with van der Waals surface area (Å²) < 4.78 is 0. The molecule has 0 heterocycles. The predicted molar refractivity (Wildman–Crippen MR) is 210 cm³/mol. The third kappa shape index (κ3) is 4.57. The Morgan fingerprint density at radius 3 is 1.74 bits per heavy atom. The molecule has 252 valence electrons. The van der Waals surface area contributed by atoms with Gasteiger partial charge in [0, 0.05) is 27.9 Å². The van der Waals surface area contributed by atoms with Crippen molar-refractivity contribution in [3.05, 3.63) is 137 Å². The fourth-order valence-corrected chi connectivity index (χ4v) is 11.4. The molecular weight excluding hydrogens is 603 g/mol. The van der Waals surface area contributed by atoms with Gasteiger partial charge in [0.05, 0.1) is 0 Å². The van der Waals surface area contributed by atoms with Crippen molar-refractivity contribution in [1.29, 1.82) is 0 Å². The number of anilines is 3. The maximum atomic E-state index is 2.56. The molecule has 3 saturated carbocycles. The molecule has 0 N–H and O–H groups in total. The van der Waals surface area contributed by atoms with E-state index in [9.17, 15) is 0 Å². The van der Waals surface area contributed by atoms with Crippen LogP contribution in [-0.4, -0.2) is 0 Å². The quantitative estimate of drug-likeness (QED) is 0.182. The van der Waals surface area contributed by atoms with Crippen LogP contribution in [0.3, 0.4) is 0 Å². The molecule has 0 amide bonds. The number of hydrogen-bond donors (Lipinski definition) is 0. The van der Waals surface area contributed by atoms with E-state index in [4.69, 9.17) is 0 Å². The second-order valence-electron chi connectivity index (χ2n) is 17.6. The van der Waals surface area contributed by atoms with E-state index in [1.54, 1.807) is 5.56 Å². The smallest absolute Gasteiger partial charge is 0.0465 e. The maximum Gasteiger partial charge on any atom is 0.0465 e. The van der Waals surface area contributed by atoms with Crippen molar-refractivity contribution in [2.24, 2.45) is 11.8 Å². The number of fused-ring (bicyclic) bond motifs is 8. The van der Waals surface area contributed by atoms with Crippen molar-refractivity contribution in [1.82, 2.24) is 0 Å².